The van der Waals surface area contributed by atoms with Crippen LogP contribution in [0.25, 0.3) is 0 Å². The first kappa shape index (κ1) is 16.0. The van der Waals surface area contributed by atoms with Crippen LogP contribution in [0, 0.1) is 5.82 Å². The number of benzene rings is 1. The zero-order valence-corrected chi connectivity index (χ0v) is 11.9. The lowest BCUT2D eigenvalue weighted by Gasteiger charge is -2.38. The molecule has 4 nitrogen and oxygen atoms in total. The van der Waals surface area contributed by atoms with Crippen LogP contribution in [0.5, 0.6) is 5.75 Å². The maximum Gasteiger partial charge on any atom is 0.491 e. The lowest BCUT2D eigenvalue weighted by atomic mass is 9.76. The van der Waals surface area contributed by atoms with Gasteiger partial charge in [-0.1, -0.05) is 6.07 Å². The third-order valence-corrected chi connectivity index (χ3v) is 3.34. The van der Waals surface area contributed by atoms with E-state index in [1.54, 1.807) is 27.7 Å². The number of methoxy groups -OCH3 is 1. The van der Waals surface area contributed by atoms with Crippen molar-refractivity contribution in [3.8, 4) is 5.75 Å². The van der Waals surface area contributed by atoms with Crippen molar-refractivity contribution < 1.29 is 23.9 Å². The molecule has 0 fully saturated rings. The Morgan fingerprint density at radius 2 is 1.79 bits per heavy atom. The first-order valence-corrected chi connectivity index (χ1v) is 6.00. The standard InChI is InChI=1S/C13H20BFO4/c1-12(2,16)13(3,4)19-14(17)9-6-7-10(15)11(8-9)18-5/h6-8,16-17H,1-5H3. The van der Waals surface area contributed by atoms with Crippen molar-refractivity contribution in [1.82, 2.24) is 0 Å². The van der Waals surface area contributed by atoms with Gasteiger partial charge < -0.3 is 19.5 Å². The van der Waals surface area contributed by atoms with Crippen molar-refractivity contribution in [2.24, 2.45) is 0 Å². The van der Waals surface area contributed by atoms with Gasteiger partial charge in [-0.05, 0) is 45.3 Å². The minimum atomic E-state index is -1.28. The van der Waals surface area contributed by atoms with Crippen LogP contribution >= 0.6 is 0 Å². The summed E-state index contributed by atoms with van der Waals surface area (Å²) in [5.74, 6) is -0.485. The number of halogens is 1. The highest BCUT2D eigenvalue weighted by molar-refractivity contribution is 6.60. The molecular formula is C13H20BFO4. The highest BCUT2D eigenvalue weighted by atomic mass is 19.1. The van der Waals surface area contributed by atoms with Crippen LogP contribution < -0.4 is 10.2 Å². The molecule has 1 aromatic rings. The predicted molar refractivity (Wildman–Crippen MR) is 72.0 cm³/mol. The van der Waals surface area contributed by atoms with Crippen LogP contribution in [0.15, 0.2) is 18.2 Å². The Labute approximate surface area is 113 Å². The summed E-state index contributed by atoms with van der Waals surface area (Å²) in [6.45, 7) is 6.50. The molecule has 2 N–H and O–H groups in total. The summed E-state index contributed by atoms with van der Waals surface area (Å²) < 4.78 is 23.6. The molecule has 0 atom stereocenters. The minimum absolute atomic E-state index is 0.0289. The maximum absolute atomic E-state index is 13.3. The lowest BCUT2D eigenvalue weighted by Crippen LogP contribution is -2.53. The van der Waals surface area contributed by atoms with Crippen molar-refractivity contribution in [2.75, 3.05) is 7.11 Å². The number of hydrogen-bond donors (Lipinski definition) is 2. The van der Waals surface area contributed by atoms with Crippen molar-refractivity contribution in [3.05, 3.63) is 24.0 Å². The second kappa shape index (κ2) is 5.49. The highest BCUT2D eigenvalue weighted by Crippen LogP contribution is 2.25. The third-order valence-electron chi connectivity index (χ3n) is 3.34. The fourth-order valence-corrected chi connectivity index (χ4v) is 1.32. The molecule has 19 heavy (non-hydrogen) atoms. The van der Waals surface area contributed by atoms with Crippen molar-refractivity contribution in [3.63, 3.8) is 0 Å². The molecule has 0 aromatic heterocycles. The third kappa shape index (κ3) is 3.68. The SMILES string of the molecule is COc1cc(B(O)OC(C)(C)C(C)(C)O)ccc1F. The molecule has 0 aliphatic rings. The summed E-state index contributed by atoms with van der Waals surface area (Å²) in [4.78, 5) is 0. The van der Waals surface area contributed by atoms with Crippen molar-refractivity contribution >= 4 is 12.6 Å². The Morgan fingerprint density at radius 1 is 1.21 bits per heavy atom. The average molecular weight is 270 g/mol. The topological polar surface area (TPSA) is 58.9 Å². The molecule has 0 aliphatic heterocycles. The fourth-order valence-electron chi connectivity index (χ4n) is 1.32. The lowest BCUT2D eigenvalue weighted by molar-refractivity contribution is -0.0982. The molecule has 106 valence electrons. The zero-order chi connectivity index (χ0) is 14.8. The molecule has 0 unspecified atom stereocenters. The molecule has 6 heteroatoms. The maximum atomic E-state index is 13.3. The minimum Gasteiger partial charge on any atom is -0.494 e. The molecule has 1 aromatic carbocycles. The molecule has 0 saturated heterocycles. The Morgan fingerprint density at radius 3 is 2.26 bits per heavy atom. The number of hydrogen-bond acceptors (Lipinski definition) is 4. The van der Waals surface area contributed by atoms with Gasteiger partial charge in [0.2, 0.25) is 0 Å². The second-order valence-electron chi connectivity index (χ2n) is 5.43. The Bertz CT molecular complexity index is 443. The van der Waals surface area contributed by atoms with Gasteiger partial charge >= 0.3 is 7.12 Å². The number of ether oxygens (including phenoxy) is 1. The molecule has 0 spiro atoms. The van der Waals surface area contributed by atoms with Gasteiger partial charge in [0.1, 0.15) is 0 Å². The average Bonchev–Trinajstić information content (AvgIpc) is 2.27. The van der Waals surface area contributed by atoms with Crippen LogP contribution in [0.2, 0.25) is 0 Å². The van der Waals surface area contributed by atoms with E-state index in [4.69, 9.17) is 9.39 Å². The summed E-state index contributed by atoms with van der Waals surface area (Å²) >= 11 is 0. The monoisotopic (exact) mass is 270 g/mol. The Hall–Kier alpha value is -1.11. The van der Waals surface area contributed by atoms with E-state index in [0.29, 0.717) is 5.46 Å². The van der Waals surface area contributed by atoms with E-state index in [0.717, 1.165) is 0 Å². The van der Waals surface area contributed by atoms with Crippen LogP contribution in [-0.4, -0.2) is 35.6 Å². The fraction of sp³-hybridized carbons (Fsp3) is 0.538. The summed E-state index contributed by atoms with van der Waals surface area (Å²) in [6, 6.07) is 3.96. The molecule has 1 rings (SSSR count). The zero-order valence-electron chi connectivity index (χ0n) is 11.9. The largest absolute Gasteiger partial charge is 0.494 e. The van der Waals surface area contributed by atoms with Crippen molar-refractivity contribution in [2.45, 2.75) is 38.9 Å². The van der Waals surface area contributed by atoms with Gasteiger partial charge in [-0.25, -0.2) is 4.39 Å². The van der Waals surface area contributed by atoms with E-state index in [-0.39, 0.29) is 5.75 Å². The molecule has 0 aliphatic carbocycles. The van der Waals surface area contributed by atoms with Crippen LogP contribution in [-0.2, 0) is 4.65 Å². The second-order valence-corrected chi connectivity index (χ2v) is 5.43. The predicted octanol–water partition coefficient (Wildman–Crippen LogP) is 1.09. The Kier molecular flexibility index (Phi) is 4.61. The summed E-state index contributed by atoms with van der Waals surface area (Å²) in [7, 11) is 0.0619. The number of aliphatic hydroxyl groups is 1. The van der Waals surface area contributed by atoms with E-state index in [2.05, 4.69) is 0 Å². The highest BCUT2D eigenvalue weighted by Gasteiger charge is 2.39. The quantitative estimate of drug-likeness (QED) is 0.786. The van der Waals surface area contributed by atoms with Gasteiger partial charge in [-0.15, -0.1) is 0 Å². The first-order chi connectivity index (χ1) is 8.58. The molecule has 0 radical (unpaired) electrons. The van der Waals surface area contributed by atoms with Crippen LogP contribution in [0.4, 0.5) is 4.39 Å². The van der Waals surface area contributed by atoms with Crippen LogP contribution in [0.1, 0.15) is 27.7 Å². The van der Waals surface area contributed by atoms with E-state index in [1.165, 1.54) is 25.3 Å². The molecule has 0 bridgehead atoms. The first-order valence-electron chi connectivity index (χ1n) is 6.00. The van der Waals surface area contributed by atoms with Crippen LogP contribution in [0.3, 0.4) is 0 Å². The van der Waals surface area contributed by atoms with E-state index >= 15 is 0 Å². The summed E-state index contributed by atoms with van der Waals surface area (Å²) in [5, 5.41) is 20.0. The van der Waals surface area contributed by atoms with E-state index in [9.17, 15) is 14.5 Å². The van der Waals surface area contributed by atoms with Gasteiger partial charge in [-0.2, -0.15) is 0 Å². The van der Waals surface area contributed by atoms with Gasteiger partial charge in [-0.3, -0.25) is 0 Å². The molecule has 0 heterocycles. The van der Waals surface area contributed by atoms with E-state index in [1.807, 2.05) is 0 Å². The summed E-state index contributed by atoms with van der Waals surface area (Å²) in [6.07, 6.45) is 0. The summed E-state index contributed by atoms with van der Waals surface area (Å²) in [5.41, 5.74) is -1.76. The number of rotatable bonds is 5. The van der Waals surface area contributed by atoms with Gasteiger partial charge in [0, 0.05) is 0 Å². The molecule has 0 saturated carbocycles. The van der Waals surface area contributed by atoms with Gasteiger partial charge in [0.25, 0.3) is 0 Å². The molecular weight excluding hydrogens is 250 g/mol. The Balaban J connectivity index is 2.93. The smallest absolute Gasteiger partial charge is 0.491 e. The van der Waals surface area contributed by atoms with Gasteiger partial charge in [0.15, 0.2) is 11.6 Å². The van der Waals surface area contributed by atoms with Crippen molar-refractivity contribution in [1.29, 1.82) is 0 Å². The normalized spacial score (nSPS) is 12.4. The molecule has 0 amide bonds. The van der Waals surface area contributed by atoms with Gasteiger partial charge in [0.05, 0.1) is 18.3 Å². The van der Waals surface area contributed by atoms with E-state index < -0.39 is 24.1 Å².